The van der Waals surface area contributed by atoms with Crippen molar-refractivity contribution in [1.82, 2.24) is 14.9 Å². The number of H-pyrrole nitrogens is 1. The van der Waals surface area contributed by atoms with Crippen molar-refractivity contribution in [2.24, 2.45) is 0 Å². The highest BCUT2D eigenvalue weighted by Crippen LogP contribution is 2.33. The first-order chi connectivity index (χ1) is 8.36. The van der Waals surface area contributed by atoms with Crippen molar-refractivity contribution in [3.05, 3.63) is 28.9 Å². The average molecular weight is 277 g/mol. The Kier molecular flexibility index (Phi) is 3.24. The maximum Gasteiger partial charge on any atom is 0.304 e. The van der Waals surface area contributed by atoms with Crippen LogP contribution in [0.5, 0.6) is 0 Å². The molecule has 0 unspecified atom stereocenters. The van der Waals surface area contributed by atoms with Gasteiger partial charge in [0.05, 0.1) is 6.54 Å². The number of rotatable bonds is 5. The number of nitrogens with one attached hydrogen (secondary N) is 2. The number of aromatic nitrogens is 2. The molecule has 2 rings (SSSR count). The SMILES string of the molecule is C=CS(=O)(=O)NCC(F)(F)c1n[nH]c2c1CCC2. The summed E-state index contributed by atoms with van der Waals surface area (Å²) in [5.74, 6) is -3.33. The predicted molar refractivity (Wildman–Crippen MR) is 61.6 cm³/mol. The molecular weight excluding hydrogens is 264 g/mol. The molecule has 0 radical (unpaired) electrons. The molecule has 1 aliphatic rings. The van der Waals surface area contributed by atoms with E-state index in [1.165, 1.54) is 0 Å². The summed E-state index contributed by atoms with van der Waals surface area (Å²) in [7, 11) is -3.86. The summed E-state index contributed by atoms with van der Waals surface area (Å²) in [6.07, 6.45) is 2.06. The van der Waals surface area contributed by atoms with Crippen LogP contribution in [-0.4, -0.2) is 25.2 Å². The van der Waals surface area contributed by atoms with Gasteiger partial charge < -0.3 is 0 Å². The first-order valence-electron chi connectivity index (χ1n) is 5.42. The van der Waals surface area contributed by atoms with Gasteiger partial charge in [0.15, 0.2) is 0 Å². The van der Waals surface area contributed by atoms with E-state index in [1.54, 1.807) is 4.72 Å². The quantitative estimate of drug-likeness (QED) is 0.845. The highest BCUT2D eigenvalue weighted by molar-refractivity contribution is 7.92. The Labute approximate surface area is 103 Å². The molecule has 0 saturated heterocycles. The van der Waals surface area contributed by atoms with Gasteiger partial charge in [-0.1, -0.05) is 6.58 Å². The highest BCUT2D eigenvalue weighted by Gasteiger charge is 2.39. The van der Waals surface area contributed by atoms with Crippen molar-refractivity contribution in [2.45, 2.75) is 25.2 Å². The molecule has 1 aromatic rings. The van der Waals surface area contributed by atoms with Crippen molar-refractivity contribution >= 4 is 10.0 Å². The van der Waals surface area contributed by atoms with Crippen LogP contribution in [0, 0.1) is 0 Å². The van der Waals surface area contributed by atoms with Gasteiger partial charge in [-0.25, -0.2) is 13.1 Å². The standard InChI is InChI=1S/C10H13F2N3O2S/c1-2-18(16,17)13-6-10(11,12)9-7-4-3-5-8(7)14-15-9/h2,13H,1,3-6H2,(H,14,15). The van der Waals surface area contributed by atoms with Crippen LogP contribution in [0.2, 0.25) is 0 Å². The van der Waals surface area contributed by atoms with Crippen molar-refractivity contribution in [3.63, 3.8) is 0 Å². The lowest BCUT2D eigenvalue weighted by molar-refractivity contribution is -0.00321. The van der Waals surface area contributed by atoms with Gasteiger partial charge in [-0.2, -0.15) is 13.9 Å². The van der Waals surface area contributed by atoms with Gasteiger partial charge in [-0.05, 0) is 19.3 Å². The Bertz CT molecular complexity index is 566. The number of aryl methyl sites for hydroxylation is 1. The zero-order valence-electron chi connectivity index (χ0n) is 9.54. The third kappa shape index (κ3) is 2.44. The summed E-state index contributed by atoms with van der Waals surface area (Å²) in [6, 6.07) is 0. The van der Waals surface area contributed by atoms with Crippen LogP contribution in [-0.2, 0) is 28.8 Å². The minimum absolute atomic E-state index is 0.359. The van der Waals surface area contributed by atoms with Crippen LogP contribution < -0.4 is 4.72 Å². The van der Waals surface area contributed by atoms with Crippen molar-refractivity contribution in [1.29, 1.82) is 0 Å². The lowest BCUT2D eigenvalue weighted by atomic mass is 10.1. The molecule has 0 amide bonds. The molecule has 2 N–H and O–H groups in total. The van der Waals surface area contributed by atoms with Gasteiger partial charge in [0.2, 0.25) is 10.0 Å². The fourth-order valence-electron chi connectivity index (χ4n) is 1.96. The second-order valence-corrected chi connectivity index (χ2v) is 5.83. The van der Waals surface area contributed by atoms with E-state index < -0.39 is 22.5 Å². The summed E-state index contributed by atoms with van der Waals surface area (Å²) >= 11 is 0. The Hall–Kier alpha value is -1.28. The average Bonchev–Trinajstić information content (AvgIpc) is 2.88. The Morgan fingerprint density at radius 3 is 2.89 bits per heavy atom. The zero-order chi connectivity index (χ0) is 13.4. The van der Waals surface area contributed by atoms with Gasteiger partial charge in [0, 0.05) is 16.7 Å². The molecule has 100 valence electrons. The molecule has 0 atom stereocenters. The third-order valence-electron chi connectivity index (χ3n) is 2.87. The molecule has 0 aliphatic heterocycles. The summed E-state index contributed by atoms with van der Waals surface area (Å²) in [5, 5.41) is 6.77. The lowest BCUT2D eigenvalue weighted by Gasteiger charge is -2.15. The molecule has 5 nitrogen and oxygen atoms in total. The number of alkyl halides is 2. The second kappa shape index (κ2) is 4.43. The van der Waals surface area contributed by atoms with E-state index in [1.807, 2.05) is 0 Å². The topological polar surface area (TPSA) is 74.8 Å². The number of hydrogen-bond acceptors (Lipinski definition) is 3. The lowest BCUT2D eigenvalue weighted by Crippen LogP contribution is -2.34. The van der Waals surface area contributed by atoms with E-state index in [2.05, 4.69) is 16.8 Å². The molecule has 1 aromatic heterocycles. The molecule has 8 heteroatoms. The number of nitrogens with zero attached hydrogens (tertiary/aromatic N) is 1. The fourth-order valence-corrected chi connectivity index (χ4v) is 2.46. The van der Waals surface area contributed by atoms with Gasteiger partial charge >= 0.3 is 5.92 Å². The normalized spacial score (nSPS) is 15.7. The Morgan fingerprint density at radius 1 is 1.50 bits per heavy atom. The molecule has 0 spiro atoms. The first-order valence-corrected chi connectivity index (χ1v) is 6.97. The van der Waals surface area contributed by atoms with Crippen LogP contribution >= 0.6 is 0 Å². The van der Waals surface area contributed by atoms with E-state index in [0.29, 0.717) is 23.8 Å². The van der Waals surface area contributed by atoms with Gasteiger partial charge in [0.25, 0.3) is 0 Å². The summed E-state index contributed by atoms with van der Waals surface area (Å²) in [5.41, 5.74) is 0.871. The number of halogens is 2. The van der Waals surface area contributed by atoms with E-state index in [9.17, 15) is 17.2 Å². The smallest absolute Gasteiger partial charge is 0.282 e. The van der Waals surface area contributed by atoms with E-state index in [-0.39, 0.29) is 5.69 Å². The monoisotopic (exact) mass is 277 g/mol. The minimum Gasteiger partial charge on any atom is -0.282 e. The van der Waals surface area contributed by atoms with Crippen LogP contribution in [0.3, 0.4) is 0 Å². The molecule has 1 aliphatic carbocycles. The molecule has 0 bridgehead atoms. The highest BCUT2D eigenvalue weighted by atomic mass is 32.2. The molecule has 0 fully saturated rings. The molecule has 18 heavy (non-hydrogen) atoms. The van der Waals surface area contributed by atoms with E-state index >= 15 is 0 Å². The summed E-state index contributed by atoms with van der Waals surface area (Å²) in [6.45, 7) is 2.02. The van der Waals surface area contributed by atoms with E-state index in [4.69, 9.17) is 0 Å². The van der Waals surface area contributed by atoms with E-state index in [0.717, 1.165) is 12.1 Å². The summed E-state index contributed by atoms with van der Waals surface area (Å²) < 4.78 is 51.6. The van der Waals surface area contributed by atoms with Crippen molar-refractivity contribution < 1.29 is 17.2 Å². The molecular formula is C10H13F2N3O2S. The molecule has 0 saturated carbocycles. The third-order valence-corrected chi connectivity index (χ3v) is 3.85. The summed E-state index contributed by atoms with van der Waals surface area (Å²) in [4.78, 5) is 0. The van der Waals surface area contributed by atoms with Crippen LogP contribution in [0.25, 0.3) is 0 Å². The first kappa shape index (κ1) is 13.2. The Morgan fingerprint density at radius 2 is 2.22 bits per heavy atom. The minimum atomic E-state index is -3.86. The predicted octanol–water partition coefficient (Wildman–Crippen LogP) is 1.05. The van der Waals surface area contributed by atoms with Crippen molar-refractivity contribution in [2.75, 3.05) is 6.54 Å². The van der Waals surface area contributed by atoms with Gasteiger partial charge in [-0.3, -0.25) is 5.10 Å². The van der Waals surface area contributed by atoms with Crippen molar-refractivity contribution in [3.8, 4) is 0 Å². The maximum absolute atomic E-state index is 13.9. The number of hydrogen-bond donors (Lipinski definition) is 2. The molecule has 1 heterocycles. The maximum atomic E-state index is 13.9. The van der Waals surface area contributed by atoms with Gasteiger partial charge in [-0.15, -0.1) is 0 Å². The van der Waals surface area contributed by atoms with Gasteiger partial charge in [0.1, 0.15) is 5.69 Å². The fraction of sp³-hybridized carbons (Fsp3) is 0.500. The number of fused-ring (bicyclic) bond motifs is 1. The van der Waals surface area contributed by atoms with Crippen LogP contribution in [0.1, 0.15) is 23.4 Å². The second-order valence-electron chi connectivity index (χ2n) is 4.12. The number of sulfonamides is 1. The largest absolute Gasteiger partial charge is 0.304 e. The van der Waals surface area contributed by atoms with Crippen LogP contribution in [0.4, 0.5) is 8.78 Å². The molecule has 0 aromatic carbocycles. The number of aromatic amines is 1. The van der Waals surface area contributed by atoms with Crippen LogP contribution in [0.15, 0.2) is 12.0 Å². The Balaban J connectivity index is 2.18. The zero-order valence-corrected chi connectivity index (χ0v) is 10.4.